The molecule has 1 saturated heterocycles. The molecule has 6 heteroatoms. The molecule has 0 amide bonds. The first kappa shape index (κ1) is 16.3. The van der Waals surface area contributed by atoms with Crippen LogP contribution in [0, 0.1) is 0 Å². The second-order valence-electron chi connectivity index (χ2n) is 7.00. The van der Waals surface area contributed by atoms with Crippen molar-refractivity contribution >= 4 is 27.4 Å². The van der Waals surface area contributed by atoms with Crippen molar-refractivity contribution in [2.45, 2.75) is 63.4 Å². The molecule has 5 nitrogen and oxygen atoms in total. The summed E-state index contributed by atoms with van der Waals surface area (Å²) in [5.74, 6) is 1.61. The minimum Gasteiger partial charge on any atom is -0.376 e. The van der Waals surface area contributed by atoms with Crippen molar-refractivity contribution in [1.82, 2.24) is 14.6 Å². The van der Waals surface area contributed by atoms with Gasteiger partial charge in [-0.3, -0.25) is 0 Å². The molecule has 24 heavy (non-hydrogen) atoms. The van der Waals surface area contributed by atoms with E-state index >= 15 is 0 Å². The molecule has 2 aromatic rings. The van der Waals surface area contributed by atoms with Crippen molar-refractivity contribution in [3.8, 4) is 0 Å². The zero-order valence-corrected chi connectivity index (χ0v) is 15.6. The molecule has 0 bridgehead atoms. The maximum Gasteiger partial charge on any atom is 0.171 e. The van der Waals surface area contributed by atoms with E-state index in [4.69, 9.17) is 9.72 Å². The van der Waals surface area contributed by atoms with E-state index in [1.54, 1.807) is 0 Å². The SMILES string of the molecule is Brc1cnn2c(NCC3CCCCO3)cc(C3CCCCC3)nc12. The highest BCUT2D eigenvalue weighted by Gasteiger charge is 2.21. The molecule has 1 aliphatic carbocycles. The lowest BCUT2D eigenvalue weighted by atomic mass is 9.87. The van der Waals surface area contributed by atoms with Crippen molar-refractivity contribution in [3.63, 3.8) is 0 Å². The first-order chi connectivity index (χ1) is 11.8. The summed E-state index contributed by atoms with van der Waals surface area (Å²) in [7, 11) is 0. The Balaban J connectivity index is 1.59. The summed E-state index contributed by atoms with van der Waals surface area (Å²) < 4.78 is 8.70. The summed E-state index contributed by atoms with van der Waals surface area (Å²) in [6.45, 7) is 1.72. The topological polar surface area (TPSA) is 51.5 Å². The van der Waals surface area contributed by atoms with Gasteiger partial charge in [0.25, 0.3) is 0 Å². The number of aromatic nitrogens is 3. The zero-order chi connectivity index (χ0) is 16.4. The molecule has 1 saturated carbocycles. The van der Waals surface area contributed by atoms with Crippen LogP contribution >= 0.6 is 15.9 Å². The average Bonchev–Trinajstić information content (AvgIpc) is 3.02. The lowest BCUT2D eigenvalue weighted by molar-refractivity contribution is 0.0247. The van der Waals surface area contributed by atoms with Gasteiger partial charge in [0.1, 0.15) is 5.82 Å². The number of nitrogens with zero attached hydrogens (tertiary/aromatic N) is 3. The van der Waals surface area contributed by atoms with E-state index in [0.717, 1.165) is 35.5 Å². The molecule has 0 radical (unpaired) electrons. The first-order valence-corrected chi connectivity index (χ1v) is 10.0. The van der Waals surface area contributed by atoms with Crippen LogP contribution < -0.4 is 5.32 Å². The van der Waals surface area contributed by atoms with Gasteiger partial charge in [0.2, 0.25) is 0 Å². The van der Waals surface area contributed by atoms with Gasteiger partial charge < -0.3 is 10.1 Å². The quantitative estimate of drug-likeness (QED) is 0.830. The van der Waals surface area contributed by atoms with Gasteiger partial charge in [-0.25, -0.2) is 4.98 Å². The molecule has 130 valence electrons. The van der Waals surface area contributed by atoms with Gasteiger partial charge in [-0.2, -0.15) is 9.61 Å². The zero-order valence-electron chi connectivity index (χ0n) is 14.0. The van der Waals surface area contributed by atoms with Gasteiger partial charge in [-0.1, -0.05) is 19.3 Å². The summed E-state index contributed by atoms with van der Waals surface area (Å²) in [5.41, 5.74) is 2.11. The van der Waals surface area contributed by atoms with Crippen molar-refractivity contribution in [3.05, 3.63) is 22.4 Å². The van der Waals surface area contributed by atoms with Gasteiger partial charge in [-0.05, 0) is 48.0 Å². The van der Waals surface area contributed by atoms with Crippen LogP contribution in [0.3, 0.4) is 0 Å². The highest BCUT2D eigenvalue weighted by molar-refractivity contribution is 9.10. The molecule has 0 aromatic carbocycles. The average molecular weight is 393 g/mol. The minimum absolute atomic E-state index is 0.305. The summed E-state index contributed by atoms with van der Waals surface area (Å²) in [6, 6.07) is 2.20. The number of rotatable bonds is 4. The molecular weight excluding hydrogens is 368 g/mol. The molecule has 1 aliphatic heterocycles. The smallest absolute Gasteiger partial charge is 0.171 e. The number of hydrogen-bond donors (Lipinski definition) is 1. The highest BCUT2D eigenvalue weighted by Crippen LogP contribution is 2.33. The third kappa shape index (κ3) is 3.45. The van der Waals surface area contributed by atoms with Crippen molar-refractivity contribution in [2.24, 2.45) is 0 Å². The third-order valence-electron chi connectivity index (χ3n) is 5.26. The fraction of sp³-hybridized carbons (Fsp3) is 0.667. The van der Waals surface area contributed by atoms with Gasteiger partial charge in [-0.15, -0.1) is 0 Å². The van der Waals surface area contributed by atoms with Crippen molar-refractivity contribution in [2.75, 3.05) is 18.5 Å². The fourth-order valence-corrected chi connectivity index (χ4v) is 4.22. The van der Waals surface area contributed by atoms with E-state index in [1.807, 2.05) is 10.7 Å². The Morgan fingerprint density at radius 2 is 2.00 bits per heavy atom. The maximum atomic E-state index is 5.85. The number of nitrogens with one attached hydrogen (secondary N) is 1. The van der Waals surface area contributed by atoms with Gasteiger partial charge >= 0.3 is 0 Å². The van der Waals surface area contributed by atoms with E-state index in [9.17, 15) is 0 Å². The minimum atomic E-state index is 0.305. The monoisotopic (exact) mass is 392 g/mol. The second-order valence-corrected chi connectivity index (χ2v) is 7.85. The van der Waals surface area contributed by atoms with E-state index in [0.29, 0.717) is 12.0 Å². The predicted molar refractivity (Wildman–Crippen MR) is 98.6 cm³/mol. The Bertz CT molecular complexity index is 690. The molecule has 3 heterocycles. The van der Waals surface area contributed by atoms with Crippen LogP contribution in [0.1, 0.15) is 63.0 Å². The molecule has 2 aliphatic rings. The molecule has 4 rings (SSSR count). The number of ether oxygens (including phenoxy) is 1. The van der Waals surface area contributed by atoms with E-state index < -0.39 is 0 Å². The van der Waals surface area contributed by atoms with Crippen molar-refractivity contribution in [1.29, 1.82) is 0 Å². The Morgan fingerprint density at radius 3 is 2.79 bits per heavy atom. The van der Waals surface area contributed by atoms with E-state index in [1.165, 1.54) is 50.6 Å². The second kappa shape index (κ2) is 7.40. The van der Waals surface area contributed by atoms with Crippen LogP contribution in [0.25, 0.3) is 5.65 Å². The summed E-state index contributed by atoms with van der Waals surface area (Å²) >= 11 is 3.59. The third-order valence-corrected chi connectivity index (χ3v) is 5.82. The molecule has 1 atom stereocenters. The highest BCUT2D eigenvalue weighted by atomic mass is 79.9. The Labute approximate surface area is 151 Å². The summed E-state index contributed by atoms with van der Waals surface area (Å²) in [4.78, 5) is 4.90. The van der Waals surface area contributed by atoms with Crippen LogP contribution in [0.5, 0.6) is 0 Å². The lowest BCUT2D eigenvalue weighted by Crippen LogP contribution is -2.27. The molecule has 1 unspecified atom stereocenters. The van der Waals surface area contributed by atoms with Crippen LogP contribution in [-0.4, -0.2) is 33.9 Å². The molecule has 1 N–H and O–H groups in total. The van der Waals surface area contributed by atoms with Crippen LogP contribution in [-0.2, 0) is 4.74 Å². The summed E-state index contributed by atoms with van der Waals surface area (Å²) in [6.07, 6.45) is 12.2. The Morgan fingerprint density at radius 1 is 1.17 bits per heavy atom. The Hall–Kier alpha value is -1.14. The van der Waals surface area contributed by atoms with E-state index in [-0.39, 0.29) is 0 Å². The van der Waals surface area contributed by atoms with Gasteiger partial charge in [0.15, 0.2) is 5.65 Å². The number of fused-ring (bicyclic) bond motifs is 1. The van der Waals surface area contributed by atoms with Crippen molar-refractivity contribution < 1.29 is 4.74 Å². The van der Waals surface area contributed by atoms with Crippen LogP contribution in [0.4, 0.5) is 5.82 Å². The normalized spacial score (nSPS) is 22.8. The number of halogens is 1. The fourth-order valence-electron chi connectivity index (χ4n) is 3.88. The van der Waals surface area contributed by atoms with Gasteiger partial charge in [0, 0.05) is 30.8 Å². The molecule has 0 spiro atoms. The predicted octanol–water partition coefficient (Wildman–Crippen LogP) is 4.52. The lowest BCUT2D eigenvalue weighted by Gasteiger charge is -2.24. The largest absolute Gasteiger partial charge is 0.376 e. The van der Waals surface area contributed by atoms with Crippen LogP contribution in [0.15, 0.2) is 16.7 Å². The molecule has 2 fully saturated rings. The first-order valence-electron chi connectivity index (χ1n) is 9.21. The molecular formula is C18H25BrN4O. The number of anilines is 1. The van der Waals surface area contributed by atoms with E-state index in [2.05, 4.69) is 32.4 Å². The maximum absolute atomic E-state index is 5.85. The number of hydrogen-bond acceptors (Lipinski definition) is 4. The Kier molecular flexibility index (Phi) is 5.03. The molecule has 2 aromatic heterocycles. The van der Waals surface area contributed by atoms with Gasteiger partial charge in [0.05, 0.1) is 16.8 Å². The van der Waals surface area contributed by atoms with Crippen LogP contribution in [0.2, 0.25) is 0 Å². The summed E-state index contributed by atoms with van der Waals surface area (Å²) in [5, 5.41) is 8.04. The standard InChI is InChI=1S/C18H25BrN4O/c19-15-12-21-23-17(20-11-14-8-4-5-9-24-14)10-16(22-18(15)23)13-6-2-1-3-7-13/h10,12-14,20H,1-9,11H2.